The van der Waals surface area contributed by atoms with Gasteiger partial charge in [-0.25, -0.2) is 0 Å². The Morgan fingerprint density at radius 2 is 1.88 bits per heavy atom. The minimum absolute atomic E-state index is 0.0578. The summed E-state index contributed by atoms with van der Waals surface area (Å²) in [5, 5.41) is 12.7. The Kier molecular flexibility index (Phi) is 11.5. The molecule has 2 aromatic carbocycles. The van der Waals surface area contributed by atoms with Crippen LogP contribution in [0.25, 0.3) is 0 Å². The summed E-state index contributed by atoms with van der Waals surface area (Å²) in [6.07, 6.45) is 2.20. The predicted octanol–water partition coefficient (Wildman–Crippen LogP) is 1.31. The maximum atomic E-state index is 15.0. The van der Waals surface area contributed by atoms with E-state index in [0.717, 1.165) is 18.6 Å². The molecule has 3 N–H and O–H groups in total. The van der Waals surface area contributed by atoms with Gasteiger partial charge in [-0.05, 0) is 0 Å². The van der Waals surface area contributed by atoms with Crippen LogP contribution in [0.2, 0.25) is 0 Å². The number of nitrogens with one attached hydrogen (secondary N) is 2. The number of hydrogen-bond donors (Lipinski definition) is 3. The van der Waals surface area contributed by atoms with E-state index in [1.807, 2.05) is 23.7 Å². The second-order valence-corrected chi connectivity index (χ2v) is 14.9. The first-order chi connectivity index (χ1) is 18.8. The van der Waals surface area contributed by atoms with Gasteiger partial charge in [0.15, 0.2) is 0 Å². The molecule has 1 saturated carbocycles. The van der Waals surface area contributed by atoms with Gasteiger partial charge in [0.05, 0.1) is 0 Å². The first-order valence-electron chi connectivity index (χ1n) is 12.5. The van der Waals surface area contributed by atoms with Crippen LogP contribution >= 0.6 is 11.8 Å². The van der Waals surface area contributed by atoms with Crippen LogP contribution in [0.1, 0.15) is 38.5 Å². The zero-order valence-corrected chi connectivity index (χ0v) is 25.8. The van der Waals surface area contributed by atoms with Crippen LogP contribution in [0.3, 0.4) is 0 Å². The third-order valence-electron chi connectivity index (χ3n) is 6.31. The van der Waals surface area contributed by atoms with Gasteiger partial charge in [-0.3, -0.25) is 0 Å². The molecule has 1 atom stereocenters. The molecule has 1 fully saturated rings. The van der Waals surface area contributed by atoms with Crippen molar-refractivity contribution in [1.82, 2.24) is 9.62 Å². The van der Waals surface area contributed by atoms with E-state index in [1.165, 1.54) is 36.0 Å². The Hall–Kier alpha value is -2.11. The van der Waals surface area contributed by atoms with Gasteiger partial charge in [0.2, 0.25) is 0 Å². The molecule has 0 bridgehead atoms. The molecule has 1 amide bonds. The number of anilines is 1. The Bertz CT molecular complexity index is 1330. The van der Waals surface area contributed by atoms with Crippen LogP contribution in [-0.4, -0.2) is 65.7 Å². The van der Waals surface area contributed by atoms with Crippen LogP contribution in [0.5, 0.6) is 0 Å². The second-order valence-electron chi connectivity index (χ2n) is 9.73. The van der Waals surface area contributed by atoms with E-state index in [2.05, 4.69) is 5.32 Å². The number of sulfonamides is 1. The monoisotopic (exact) mass is 716 g/mol. The molecule has 0 spiro atoms. The summed E-state index contributed by atoms with van der Waals surface area (Å²) in [5.41, 5.74) is -1.88. The Balaban J connectivity index is 1.83. The van der Waals surface area contributed by atoms with E-state index >= 15 is 4.39 Å². The summed E-state index contributed by atoms with van der Waals surface area (Å²) < 4.78 is 70.2. The summed E-state index contributed by atoms with van der Waals surface area (Å²) in [5.74, 6) is -2.24. The predicted molar refractivity (Wildman–Crippen MR) is 140 cm³/mol. The molecule has 0 saturated heterocycles. The molecular formula is C25H32F3IN4O5S2. The number of hydrogen-bond acceptors (Lipinski definition) is 7. The quantitative estimate of drug-likeness (QED) is 0.123. The van der Waals surface area contributed by atoms with Crippen LogP contribution in [0.15, 0.2) is 46.2 Å². The Morgan fingerprint density at radius 1 is 1.18 bits per heavy atom. The van der Waals surface area contributed by atoms with Crippen molar-refractivity contribution in [2.75, 3.05) is 31.7 Å². The van der Waals surface area contributed by atoms with Crippen molar-refractivity contribution in [3.8, 4) is 0 Å². The number of thioether (sulfide) groups is 1. The van der Waals surface area contributed by atoms with Crippen LogP contribution < -0.4 is 31.5 Å². The number of carbonyl (C=O) groups excluding carboxylic acids is 1. The van der Waals surface area contributed by atoms with Crippen molar-refractivity contribution in [3.05, 3.63) is 56.5 Å². The molecule has 0 aliphatic heterocycles. The molecule has 9 nitrogen and oxygen atoms in total. The normalized spacial score (nSPS) is 16.1. The van der Waals surface area contributed by atoms with Gasteiger partial charge in [-0.1, -0.05) is 0 Å². The summed E-state index contributed by atoms with van der Waals surface area (Å²) in [6.45, 7) is 0.645. The number of nitrogens with zero attached hydrogens (tertiary/aromatic N) is 2. The summed E-state index contributed by atoms with van der Waals surface area (Å²) in [7, 11) is -0.702. The van der Waals surface area contributed by atoms with Gasteiger partial charge in [0, 0.05) is 0 Å². The van der Waals surface area contributed by atoms with E-state index in [-0.39, 0.29) is 35.4 Å². The number of rotatable bonds is 13. The third kappa shape index (κ3) is 9.21. The summed E-state index contributed by atoms with van der Waals surface area (Å²) in [4.78, 5) is 25.9. The number of amides is 1. The van der Waals surface area contributed by atoms with Gasteiger partial charge in [-0.2, -0.15) is 0 Å². The molecule has 3 rings (SSSR count). The fourth-order valence-electron chi connectivity index (χ4n) is 4.15. The molecular weight excluding hydrogens is 684 g/mol. The molecule has 0 aromatic heterocycles. The standard InChI is InChI=1S/C25H32F3IN4O5S2/c1-32(2)13-10-18(16-39-23-9-6-17(26)14-20(23)27)30-22-8-7-19(15-21(22)29-33(35)36)40(37,38)31-24(34)25(28)11-4-3-5-12-25/h6-9,14-15,18,30H,3-5,10-13,16H2,1-2H3,(H,31,34)(H,35,36)/t18-/m1/s1. The van der Waals surface area contributed by atoms with E-state index in [9.17, 15) is 32.1 Å². The SMILES string of the molecule is CN(C)CC[C@H](CSc1ccc(F)cc1F)Nc1ccc(S(=O)(=O)NC(=O)C2(F)CCCCC2)cc1[I-][N+](=O)O. The van der Waals surface area contributed by atoms with E-state index < -0.39 is 54.7 Å². The molecule has 2 aromatic rings. The fourth-order valence-corrected chi connectivity index (χ4v) is 7.94. The van der Waals surface area contributed by atoms with Gasteiger partial charge in [0.1, 0.15) is 0 Å². The van der Waals surface area contributed by atoms with Gasteiger partial charge in [-0.15, -0.1) is 0 Å². The van der Waals surface area contributed by atoms with Crippen LogP contribution in [0.4, 0.5) is 18.9 Å². The number of halogens is 4. The molecule has 15 heteroatoms. The molecule has 0 heterocycles. The van der Waals surface area contributed by atoms with Gasteiger partial charge in [0.25, 0.3) is 0 Å². The molecule has 1 aliphatic rings. The topological polar surface area (TPSA) is 119 Å². The number of carbonyl (C=O) groups is 1. The van der Waals surface area contributed by atoms with Crippen molar-refractivity contribution in [2.24, 2.45) is 0 Å². The van der Waals surface area contributed by atoms with Gasteiger partial charge >= 0.3 is 247 Å². The van der Waals surface area contributed by atoms with Crippen molar-refractivity contribution in [3.63, 3.8) is 0 Å². The third-order valence-corrected chi connectivity index (χ3v) is 10.7. The fraction of sp³-hybridized carbons (Fsp3) is 0.480. The Morgan fingerprint density at radius 3 is 2.50 bits per heavy atom. The zero-order chi connectivity index (χ0) is 29.5. The van der Waals surface area contributed by atoms with E-state index in [4.69, 9.17) is 0 Å². The first-order valence-corrected chi connectivity index (χ1v) is 17.0. The van der Waals surface area contributed by atoms with Crippen molar-refractivity contribution in [2.45, 2.75) is 60.0 Å². The molecule has 0 radical (unpaired) electrons. The second kappa shape index (κ2) is 14.2. The van der Waals surface area contributed by atoms with Crippen LogP contribution in [-0.2, 0) is 14.8 Å². The zero-order valence-electron chi connectivity index (χ0n) is 22.0. The van der Waals surface area contributed by atoms with Crippen molar-refractivity contribution in [1.29, 1.82) is 0 Å². The van der Waals surface area contributed by atoms with E-state index in [1.54, 1.807) is 0 Å². The first kappa shape index (κ1) is 32.4. The summed E-state index contributed by atoms with van der Waals surface area (Å²) in [6, 6.07) is 6.82. The minimum atomic E-state index is -4.46. The molecule has 1 aliphatic carbocycles. The van der Waals surface area contributed by atoms with Crippen LogP contribution in [0, 0.1) is 20.1 Å². The summed E-state index contributed by atoms with van der Waals surface area (Å²) >= 11 is -0.613. The molecule has 0 unspecified atom stereocenters. The molecule has 222 valence electrons. The average Bonchev–Trinajstić information content (AvgIpc) is 2.87. The number of alkyl halides is 1. The maximum absolute atomic E-state index is 15.0. The number of benzene rings is 2. The average molecular weight is 717 g/mol. The van der Waals surface area contributed by atoms with Gasteiger partial charge < -0.3 is 0 Å². The Labute approximate surface area is 246 Å². The van der Waals surface area contributed by atoms with E-state index in [0.29, 0.717) is 37.2 Å². The van der Waals surface area contributed by atoms with Crippen molar-refractivity contribution < 1.29 is 56.2 Å². The van der Waals surface area contributed by atoms with Crippen molar-refractivity contribution >= 4 is 33.4 Å². The molecule has 40 heavy (non-hydrogen) atoms.